The second-order valence-corrected chi connectivity index (χ2v) is 6.09. The molecule has 130 valence electrons. The summed E-state index contributed by atoms with van der Waals surface area (Å²) in [5.41, 5.74) is 7.13. The zero-order valence-electron chi connectivity index (χ0n) is 14.0. The van der Waals surface area contributed by atoms with Crippen molar-refractivity contribution in [1.82, 2.24) is 10.3 Å². The highest BCUT2D eigenvalue weighted by Crippen LogP contribution is 2.33. The van der Waals surface area contributed by atoms with Crippen LogP contribution in [0, 0.1) is 0 Å². The predicted octanol–water partition coefficient (Wildman–Crippen LogP) is 2.22. The van der Waals surface area contributed by atoms with E-state index in [1.54, 1.807) is 14.2 Å². The van der Waals surface area contributed by atoms with Gasteiger partial charge in [-0.15, -0.1) is 11.3 Å². The third kappa shape index (κ3) is 4.94. The van der Waals surface area contributed by atoms with E-state index in [4.69, 9.17) is 15.2 Å². The van der Waals surface area contributed by atoms with Gasteiger partial charge in [-0.2, -0.15) is 0 Å². The van der Waals surface area contributed by atoms with Crippen LogP contribution in [0.25, 0.3) is 10.6 Å². The molecule has 3 N–H and O–H groups in total. The van der Waals surface area contributed by atoms with E-state index in [1.807, 2.05) is 23.6 Å². The van der Waals surface area contributed by atoms with Gasteiger partial charge in [-0.05, 0) is 37.6 Å². The van der Waals surface area contributed by atoms with Gasteiger partial charge in [0.05, 0.1) is 26.3 Å². The highest BCUT2D eigenvalue weighted by atomic mass is 32.1. The summed E-state index contributed by atoms with van der Waals surface area (Å²) in [5, 5.41) is 5.64. The van der Waals surface area contributed by atoms with Gasteiger partial charge in [0.15, 0.2) is 11.5 Å². The van der Waals surface area contributed by atoms with E-state index >= 15 is 0 Å². The van der Waals surface area contributed by atoms with E-state index in [0.717, 1.165) is 29.1 Å². The number of aromatic nitrogens is 1. The van der Waals surface area contributed by atoms with Gasteiger partial charge in [0.1, 0.15) is 5.01 Å². The second-order valence-electron chi connectivity index (χ2n) is 5.24. The Morgan fingerprint density at radius 3 is 2.75 bits per heavy atom. The Balaban J connectivity index is 1.99. The molecule has 24 heavy (non-hydrogen) atoms. The minimum atomic E-state index is -0.0174. The summed E-state index contributed by atoms with van der Waals surface area (Å²) >= 11 is 1.51. The zero-order chi connectivity index (χ0) is 17.4. The van der Waals surface area contributed by atoms with Crippen LogP contribution < -0.4 is 20.5 Å². The SMILES string of the molecule is COc1ccc(-c2nc(CC(=O)NCCCCN)cs2)cc1OC. The molecule has 0 radical (unpaired) electrons. The fraction of sp³-hybridized carbons (Fsp3) is 0.412. The summed E-state index contributed by atoms with van der Waals surface area (Å²) in [6, 6.07) is 5.66. The van der Waals surface area contributed by atoms with Gasteiger partial charge in [0, 0.05) is 17.5 Å². The number of hydrogen-bond acceptors (Lipinski definition) is 6. The van der Waals surface area contributed by atoms with Crippen LogP contribution in [-0.2, 0) is 11.2 Å². The summed E-state index contributed by atoms with van der Waals surface area (Å²) < 4.78 is 10.5. The molecule has 0 bridgehead atoms. The lowest BCUT2D eigenvalue weighted by Gasteiger charge is -2.08. The van der Waals surface area contributed by atoms with Crippen molar-refractivity contribution in [1.29, 1.82) is 0 Å². The third-order valence-electron chi connectivity index (χ3n) is 3.48. The molecule has 1 heterocycles. The number of rotatable bonds is 9. The van der Waals surface area contributed by atoms with E-state index in [1.165, 1.54) is 11.3 Å². The van der Waals surface area contributed by atoms with Gasteiger partial charge < -0.3 is 20.5 Å². The highest BCUT2D eigenvalue weighted by Gasteiger charge is 2.11. The number of unbranched alkanes of at least 4 members (excludes halogenated alkanes) is 1. The molecule has 0 saturated carbocycles. The molecule has 0 saturated heterocycles. The normalized spacial score (nSPS) is 10.5. The molecule has 0 fully saturated rings. The number of thiazole rings is 1. The van der Waals surface area contributed by atoms with Crippen molar-refractivity contribution in [3.63, 3.8) is 0 Å². The van der Waals surface area contributed by atoms with Crippen molar-refractivity contribution in [3.05, 3.63) is 29.3 Å². The van der Waals surface area contributed by atoms with Gasteiger partial charge in [0.25, 0.3) is 0 Å². The van der Waals surface area contributed by atoms with Crippen LogP contribution in [0.5, 0.6) is 11.5 Å². The van der Waals surface area contributed by atoms with Crippen LogP contribution in [0.3, 0.4) is 0 Å². The standard InChI is InChI=1S/C17H23N3O3S/c1-22-14-6-5-12(9-15(14)23-2)17-20-13(11-24-17)10-16(21)19-8-4-3-7-18/h5-6,9,11H,3-4,7-8,10,18H2,1-2H3,(H,19,21). The van der Waals surface area contributed by atoms with Crippen molar-refractivity contribution in [3.8, 4) is 22.1 Å². The van der Waals surface area contributed by atoms with Crippen LogP contribution in [-0.4, -0.2) is 38.2 Å². The summed E-state index contributed by atoms with van der Waals surface area (Å²) in [7, 11) is 3.20. The predicted molar refractivity (Wildman–Crippen MR) is 95.7 cm³/mol. The maximum absolute atomic E-state index is 11.9. The number of nitrogens with two attached hydrogens (primary N) is 1. The molecule has 0 aliphatic heterocycles. The molecule has 6 nitrogen and oxygen atoms in total. The molecule has 1 aromatic heterocycles. The number of ether oxygens (including phenoxy) is 2. The molecule has 0 aliphatic rings. The smallest absolute Gasteiger partial charge is 0.226 e. The largest absolute Gasteiger partial charge is 0.493 e. The van der Waals surface area contributed by atoms with Crippen molar-refractivity contribution < 1.29 is 14.3 Å². The fourth-order valence-electron chi connectivity index (χ4n) is 2.21. The lowest BCUT2D eigenvalue weighted by molar-refractivity contribution is -0.120. The fourth-order valence-corrected chi connectivity index (χ4v) is 3.03. The topological polar surface area (TPSA) is 86.5 Å². The monoisotopic (exact) mass is 349 g/mol. The first-order valence-electron chi connectivity index (χ1n) is 7.81. The average molecular weight is 349 g/mol. The molecule has 1 amide bonds. The van der Waals surface area contributed by atoms with Crippen LogP contribution >= 0.6 is 11.3 Å². The van der Waals surface area contributed by atoms with E-state index in [-0.39, 0.29) is 12.3 Å². The molecule has 1 aromatic carbocycles. The van der Waals surface area contributed by atoms with Crippen LogP contribution in [0.4, 0.5) is 0 Å². The number of hydrogen-bond donors (Lipinski definition) is 2. The van der Waals surface area contributed by atoms with Crippen molar-refractivity contribution >= 4 is 17.2 Å². The number of carbonyl (C=O) groups excluding carboxylic acids is 1. The average Bonchev–Trinajstić information content (AvgIpc) is 3.06. The van der Waals surface area contributed by atoms with Gasteiger partial charge in [-0.3, -0.25) is 4.79 Å². The number of benzene rings is 1. The minimum Gasteiger partial charge on any atom is -0.493 e. The third-order valence-corrected chi connectivity index (χ3v) is 4.42. The van der Waals surface area contributed by atoms with E-state index in [0.29, 0.717) is 24.6 Å². The first kappa shape index (κ1) is 18.2. The number of amides is 1. The maximum Gasteiger partial charge on any atom is 0.226 e. The number of carbonyl (C=O) groups is 1. The Morgan fingerprint density at radius 2 is 2.04 bits per heavy atom. The molecule has 0 spiro atoms. The van der Waals surface area contributed by atoms with Crippen LogP contribution in [0.1, 0.15) is 18.5 Å². The Bertz CT molecular complexity index is 673. The Labute approximate surface area is 146 Å². The Hall–Kier alpha value is -2.12. The van der Waals surface area contributed by atoms with Gasteiger partial charge in [0.2, 0.25) is 5.91 Å². The first-order chi connectivity index (χ1) is 11.7. The zero-order valence-corrected chi connectivity index (χ0v) is 14.8. The van der Waals surface area contributed by atoms with Gasteiger partial charge >= 0.3 is 0 Å². The molecule has 2 rings (SSSR count). The minimum absolute atomic E-state index is 0.0174. The highest BCUT2D eigenvalue weighted by molar-refractivity contribution is 7.13. The quantitative estimate of drug-likeness (QED) is 0.678. The van der Waals surface area contributed by atoms with Crippen molar-refractivity contribution in [2.75, 3.05) is 27.3 Å². The van der Waals surface area contributed by atoms with Crippen LogP contribution in [0.2, 0.25) is 0 Å². The van der Waals surface area contributed by atoms with Crippen LogP contribution in [0.15, 0.2) is 23.6 Å². The summed E-state index contributed by atoms with van der Waals surface area (Å²) in [6.07, 6.45) is 2.10. The molecule has 2 aromatic rings. The summed E-state index contributed by atoms with van der Waals surface area (Å²) in [6.45, 7) is 1.30. The molecule has 0 unspecified atom stereocenters. The van der Waals surface area contributed by atoms with E-state index in [2.05, 4.69) is 10.3 Å². The second kappa shape index (κ2) is 9.24. The number of methoxy groups -OCH3 is 2. The van der Waals surface area contributed by atoms with Crippen molar-refractivity contribution in [2.45, 2.75) is 19.3 Å². The lowest BCUT2D eigenvalue weighted by Crippen LogP contribution is -2.26. The van der Waals surface area contributed by atoms with Gasteiger partial charge in [-0.1, -0.05) is 0 Å². The van der Waals surface area contributed by atoms with E-state index in [9.17, 15) is 4.79 Å². The molecular formula is C17H23N3O3S. The molecule has 0 atom stereocenters. The number of nitrogens with one attached hydrogen (secondary N) is 1. The van der Waals surface area contributed by atoms with E-state index < -0.39 is 0 Å². The summed E-state index contributed by atoms with van der Waals surface area (Å²) in [5.74, 6) is 1.32. The lowest BCUT2D eigenvalue weighted by atomic mass is 10.2. The Morgan fingerprint density at radius 1 is 1.25 bits per heavy atom. The molecular weight excluding hydrogens is 326 g/mol. The molecule has 0 aliphatic carbocycles. The number of nitrogens with zero attached hydrogens (tertiary/aromatic N) is 1. The maximum atomic E-state index is 11.9. The summed E-state index contributed by atoms with van der Waals surface area (Å²) in [4.78, 5) is 16.4. The first-order valence-corrected chi connectivity index (χ1v) is 8.69. The van der Waals surface area contributed by atoms with Crippen molar-refractivity contribution in [2.24, 2.45) is 5.73 Å². The molecule has 7 heteroatoms. The van der Waals surface area contributed by atoms with Gasteiger partial charge in [-0.25, -0.2) is 4.98 Å². The Kier molecular flexibility index (Phi) is 7.02.